The van der Waals surface area contributed by atoms with Gasteiger partial charge in [-0.1, -0.05) is 24.3 Å². The zero-order chi connectivity index (χ0) is 27.0. The van der Waals surface area contributed by atoms with E-state index in [0.717, 1.165) is 23.4 Å². The summed E-state index contributed by atoms with van der Waals surface area (Å²) in [5, 5.41) is 7.25. The van der Waals surface area contributed by atoms with Crippen LogP contribution in [0.4, 0.5) is 11.5 Å². The summed E-state index contributed by atoms with van der Waals surface area (Å²) >= 11 is 0. The van der Waals surface area contributed by atoms with Crippen molar-refractivity contribution in [1.29, 1.82) is 0 Å². The van der Waals surface area contributed by atoms with E-state index in [4.69, 9.17) is 0 Å². The van der Waals surface area contributed by atoms with Gasteiger partial charge in [0.2, 0.25) is 21.8 Å². The lowest BCUT2D eigenvalue weighted by molar-refractivity contribution is -0.121. The lowest BCUT2D eigenvalue weighted by atomic mass is 9.99. The second kappa shape index (κ2) is 10.3. The Morgan fingerprint density at radius 1 is 1.05 bits per heavy atom. The number of sulfonamides is 1. The second-order valence-electron chi connectivity index (χ2n) is 9.94. The summed E-state index contributed by atoms with van der Waals surface area (Å²) < 4.78 is 30.3. The Morgan fingerprint density at radius 2 is 1.84 bits per heavy atom. The predicted octanol–water partition coefficient (Wildman–Crippen LogP) is 2.83. The molecule has 0 bridgehead atoms. The quantitative estimate of drug-likeness (QED) is 0.518. The van der Waals surface area contributed by atoms with Crippen LogP contribution in [0.5, 0.6) is 0 Å². The molecule has 0 aliphatic carbocycles. The number of hydrogen-bond donors (Lipinski definition) is 1. The Hall–Kier alpha value is -3.57. The molecule has 2 aliphatic rings. The standard InChI is InChI=1S/C27H32N6O4S/c1-18-8-6-12-24(28-18)29-27(35)22-10-7-14-31(16-22)38(36,37)26-19(2)30-33(20(26)3)17-25(34)32-15-13-21-9-4-5-11-23(21)32/h4-6,8-9,11-12,22H,7,10,13-17H2,1-3H3,(H,28,29,35)/t22-/m0/s1. The van der Waals surface area contributed by atoms with Crippen LogP contribution < -0.4 is 10.2 Å². The molecule has 1 saturated heterocycles. The van der Waals surface area contributed by atoms with Crippen molar-refractivity contribution in [2.75, 3.05) is 29.9 Å². The maximum Gasteiger partial charge on any atom is 0.248 e. The molecular weight excluding hydrogens is 504 g/mol. The fraction of sp³-hybridized carbons (Fsp3) is 0.407. The van der Waals surface area contributed by atoms with Gasteiger partial charge in [0.25, 0.3) is 0 Å². The number of rotatable bonds is 6. The average molecular weight is 537 g/mol. The van der Waals surface area contributed by atoms with Gasteiger partial charge in [-0.2, -0.15) is 9.40 Å². The van der Waals surface area contributed by atoms with Crippen molar-refractivity contribution in [2.45, 2.75) is 51.5 Å². The number of piperidine rings is 1. The first-order valence-electron chi connectivity index (χ1n) is 12.8. The zero-order valence-electron chi connectivity index (χ0n) is 21.8. The molecule has 10 nitrogen and oxygen atoms in total. The number of carbonyl (C=O) groups is 2. The van der Waals surface area contributed by atoms with Crippen molar-refractivity contribution in [1.82, 2.24) is 19.1 Å². The number of aromatic nitrogens is 3. The fourth-order valence-electron chi connectivity index (χ4n) is 5.36. The summed E-state index contributed by atoms with van der Waals surface area (Å²) in [6.45, 7) is 6.10. The number of fused-ring (bicyclic) bond motifs is 1. The average Bonchev–Trinajstić information content (AvgIpc) is 3.44. The molecule has 2 aliphatic heterocycles. The lowest BCUT2D eigenvalue weighted by Crippen LogP contribution is -2.44. The van der Waals surface area contributed by atoms with Crippen LogP contribution in [-0.2, 0) is 32.6 Å². The monoisotopic (exact) mass is 536 g/mol. The number of amides is 2. The molecule has 1 fully saturated rings. The van der Waals surface area contributed by atoms with Gasteiger partial charge in [-0.15, -0.1) is 0 Å². The van der Waals surface area contributed by atoms with Crippen LogP contribution in [0.2, 0.25) is 0 Å². The lowest BCUT2D eigenvalue weighted by Gasteiger charge is -2.31. The first-order chi connectivity index (χ1) is 18.1. The van der Waals surface area contributed by atoms with Crippen LogP contribution >= 0.6 is 0 Å². The van der Waals surface area contributed by atoms with Gasteiger partial charge in [-0.3, -0.25) is 14.3 Å². The van der Waals surface area contributed by atoms with Crippen molar-refractivity contribution in [3.05, 3.63) is 65.1 Å². The molecule has 0 unspecified atom stereocenters. The van der Waals surface area contributed by atoms with E-state index in [9.17, 15) is 18.0 Å². The summed E-state index contributed by atoms with van der Waals surface area (Å²) in [7, 11) is -3.92. The smallest absolute Gasteiger partial charge is 0.248 e. The summed E-state index contributed by atoms with van der Waals surface area (Å²) in [4.78, 5) is 32.2. The van der Waals surface area contributed by atoms with E-state index < -0.39 is 15.9 Å². The zero-order valence-corrected chi connectivity index (χ0v) is 22.7. The maximum atomic E-state index is 13.8. The molecule has 3 aromatic rings. The van der Waals surface area contributed by atoms with E-state index in [-0.39, 0.29) is 29.8 Å². The molecule has 2 aromatic heterocycles. The molecule has 1 N–H and O–H groups in total. The van der Waals surface area contributed by atoms with Crippen molar-refractivity contribution in [2.24, 2.45) is 5.92 Å². The number of benzene rings is 1. The fourth-order valence-corrected chi connectivity index (χ4v) is 7.26. The number of pyridine rings is 1. The molecule has 38 heavy (non-hydrogen) atoms. The third kappa shape index (κ3) is 4.95. The molecule has 1 atom stereocenters. The Morgan fingerprint density at radius 3 is 2.63 bits per heavy atom. The van der Waals surface area contributed by atoms with Gasteiger partial charge in [0, 0.05) is 31.0 Å². The highest BCUT2D eigenvalue weighted by Crippen LogP contribution is 2.30. The van der Waals surface area contributed by atoms with Crippen LogP contribution in [0.25, 0.3) is 0 Å². The molecule has 5 rings (SSSR count). The summed E-state index contributed by atoms with van der Waals surface area (Å²) in [6.07, 6.45) is 1.95. The minimum Gasteiger partial charge on any atom is -0.310 e. The van der Waals surface area contributed by atoms with Crippen LogP contribution in [0.3, 0.4) is 0 Å². The number of anilines is 2. The van der Waals surface area contributed by atoms with Crippen LogP contribution in [0.1, 0.15) is 35.5 Å². The van der Waals surface area contributed by atoms with Gasteiger partial charge in [-0.05, 0) is 63.8 Å². The Balaban J connectivity index is 1.32. The topological polar surface area (TPSA) is 118 Å². The molecule has 11 heteroatoms. The highest BCUT2D eigenvalue weighted by Gasteiger charge is 2.37. The summed E-state index contributed by atoms with van der Waals surface area (Å²) in [5.74, 6) is -0.422. The van der Waals surface area contributed by atoms with Crippen molar-refractivity contribution >= 4 is 33.3 Å². The van der Waals surface area contributed by atoms with Gasteiger partial charge in [-0.25, -0.2) is 13.4 Å². The molecular formula is C27H32N6O4S. The first-order valence-corrected chi connectivity index (χ1v) is 14.3. The highest BCUT2D eigenvalue weighted by molar-refractivity contribution is 7.89. The third-order valence-corrected chi connectivity index (χ3v) is 9.40. The van der Waals surface area contributed by atoms with E-state index in [2.05, 4.69) is 15.4 Å². The number of aryl methyl sites for hydroxylation is 2. The van der Waals surface area contributed by atoms with Gasteiger partial charge in [0.15, 0.2) is 0 Å². The SMILES string of the molecule is Cc1cccc(NC(=O)[C@H]2CCCN(S(=O)(=O)c3c(C)nn(CC(=O)N4CCc5ccccc54)c3C)C2)n1. The molecule has 200 valence electrons. The van der Waals surface area contributed by atoms with E-state index in [1.807, 2.05) is 43.3 Å². The Kier molecular flexibility index (Phi) is 7.06. The van der Waals surface area contributed by atoms with Crippen molar-refractivity contribution < 1.29 is 18.0 Å². The molecule has 0 radical (unpaired) electrons. The first kappa shape index (κ1) is 26.1. The van der Waals surface area contributed by atoms with Gasteiger partial charge in [0.1, 0.15) is 17.3 Å². The maximum absolute atomic E-state index is 13.8. The van der Waals surface area contributed by atoms with Gasteiger partial charge >= 0.3 is 0 Å². The number of carbonyl (C=O) groups excluding carboxylic acids is 2. The van der Waals surface area contributed by atoms with Crippen LogP contribution in [-0.4, -0.2) is 58.9 Å². The predicted molar refractivity (Wildman–Crippen MR) is 143 cm³/mol. The van der Waals surface area contributed by atoms with Gasteiger partial charge < -0.3 is 10.2 Å². The Bertz CT molecular complexity index is 1500. The minimum absolute atomic E-state index is 0.0505. The number of nitrogens with one attached hydrogen (secondary N) is 1. The van der Waals surface area contributed by atoms with Crippen molar-refractivity contribution in [3.8, 4) is 0 Å². The Labute approximate surface area is 222 Å². The van der Waals surface area contributed by atoms with Crippen LogP contribution in [0.15, 0.2) is 47.4 Å². The molecule has 1 aromatic carbocycles. The summed E-state index contributed by atoms with van der Waals surface area (Å²) in [6, 6.07) is 13.2. The van der Waals surface area contributed by atoms with Gasteiger partial charge in [0.05, 0.1) is 17.3 Å². The third-order valence-electron chi connectivity index (χ3n) is 7.28. The number of hydrogen-bond acceptors (Lipinski definition) is 6. The number of nitrogens with zero attached hydrogens (tertiary/aromatic N) is 5. The second-order valence-corrected chi connectivity index (χ2v) is 11.8. The largest absolute Gasteiger partial charge is 0.310 e. The summed E-state index contributed by atoms with van der Waals surface area (Å²) in [5.41, 5.74) is 3.56. The van der Waals surface area contributed by atoms with Crippen LogP contribution in [0, 0.1) is 26.7 Å². The van der Waals surface area contributed by atoms with E-state index in [1.165, 1.54) is 8.99 Å². The molecule has 2 amide bonds. The number of para-hydroxylation sites is 1. The molecule has 0 spiro atoms. The molecule has 0 saturated carbocycles. The van der Waals surface area contributed by atoms with E-state index in [1.54, 1.807) is 24.8 Å². The van der Waals surface area contributed by atoms with E-state index in [0.29, 0.717) is 43.1 Å². The molecule has 4 heterocycles. The van der Waals surface area contributed by atoms with E-state index >= 15 is 0 Å². The highest BCUT2D eigenvalue weighted by atomic mass is 32.2. The normalized spacial score (nSPS) is 17.9. The van der Waals surface area contributed by atoms with Crippen molar-refractivity contribution in [3.63, 3.8) is 0 Å². The minimum atomic E-state index is -3.92.